The van der Waals surface area contributed by atoms with E-state index in [1.165, 1.54) is 77.5 Å². The largest absolute Gasteiger partial charge is 0.379 e. The van der Waals surface area contributed by atoms with Crippen molar-refractivity contribution >= 4 is 11.8 Å². The molecule has 4 aliphatic rings. The van der Waals surface area contributed by atoms with Crippen molar-refractivity contribution in [3.05, 3.63) is 12.2 Å². The highest BCUT2D eigenvalue weighted by Crippen LogP contribution is 2.04. The zero-order valence-electron chi connectivity index (χ0n) is 18.4. The highest BCUT2D eigenvalue weighted by Gasteiger charge is 2.17. The van der Waals surface area contributed by atoms with E-state index < -0.39 is 0 Å². The van der Waals surface area contributed by atoms with Crippen molar-refractivity contribution in [2.45, 2.75) is 39.5 Å². The summed E-state index contributed by atoms with van der Waals surface area (Å²) in [7, 11) is 7.93. The van der Waals surface area contributed by atoms with Crippen molar-refractivity contribution in [3.8, 4) is 0 Å². The zero-order chi connectivity index (χ0) is 20.8. The molecule has 7 heteroatoms. The predicted molar refractivity (Wildman–Crippen MR) is 120 cm³/mol. The van der Waals surface area contributed by atoms with Gasteiger partial charge in [-0.25, -0.2) is 0 Å². The van der Waals surface area contributed by atoms with Crippen molar-refractivity contribution < 1.29 is 14.3 Å². The number of rotatable bonds is 0. The number of likely N-dealkylation sites (N-methyl/N-ethyl adjacent to an activating group) is 2. The number of piperidine rings is 1. The molecule has 0 aromatic carbocycles. The van der Waals surface area contributed by atoms with Gasteiger partial charge in [0.25, 0.3) is 11.8 Å². The summed E-state index contributed by atoms with van der Waals surface area (Å²) in [5.74, 6) is -0.481. The van der Waals surface area contributed by atoms with Crippen LogP contribution < -0.4 is 0 Å². The Morgan fingerprint density at radius 1 is 0.621 bits per heavy atom. The van der Waals surface area contributed by atoms with Gasteiger partial charge in [0, 0.05) is 32.3 Å². The Bertz CT molecular complexity index is 433. The molecule has 0 radical (unpaired) electrons. The predicted octanol–water partition coefficient (Wildman–Crippen LogP) is 1.94. The number of imide groups is 1. The molecule has 0 aliphatic carbocycles. The highest BCUT2D eigenvalue weighted by molar-refractivity contribution is 6.12. The van der Waals surface area contributed by atoms with Crippen LogP contribution >= 0.6 is 0 Å². The summed E-state index contributed by atoms with van der Waals surface area (Å²) in [6.07, 6.45) is 9.61. The third-order valence-corrected chi connectivity index (χ3v) is 5.17. The standard InChI is InChI=1S/C6H13N.C5H5NO2.C5H11NO.C5H11N.CH4/c1-7-5-3-2-4-6-7;1-6-4(7)2-3-5(6)8;1-6-2-4-7-5-3-6;1-6-4-2-3-5-6;/h2-6H2,1H3;2-3H,1H3;2-5H2,1H3;2-5H2,1H3;1H4. The van der Waals surface area contributed by atoms with Gasteiger partial charge in [0.05, 0.1) is 13.2 Å². The van der Waals surface area contributed by atoms with Gasteiger partial charge in [-0.1, -0.05) is 13.8 Å². The number of ether oxygens (including phenoxy) is 1. The fraction of sp³-hybridized carbons (Fsp3) is 0.818. The van der Waals surface area contributed by atoms with E-state index in [2.05, 4.69) is 35.8 Å². The Morgan fingerprint density at radius 2 is 0.966 bits per heavy atom. The molecule has 3 fully saturated rings. The Labute approximate surface area is 178 Å². The van der Waals surface area contributed by atoms with Crippen LogP contribution in [0.2, 0.25) is 0 Å². The Kier molecular flexibility index (Phi) is 15.8. The third kappa shape index (κ3) is 13.5. The number of hydrogen-bond donors (Lipinski definition) is 0. The van der Waals surface area contributed by atoms with Crippen LogP contribution in [0.1, 0.15) is 39.5 Å². The summed E-state index contributed by atoms with van der Waals surface area (Å²) in [6.45, 7) is 9.30. The molecule has 0 saturated carbocycles. The summed E-state index contributed by atoms with van der Waals surface area (Å²) in [5.41, 5.74) is 0. The smallest absolute Gasteiger partial charge is 0.253 e. The van der Waals surface area contributed by atoms with Gasteiger partial charge in [-0.15, -0.1) is 0 Å². The second kappa shape index (κ2) is 16.5. The lowest BCUT2D eigenvalue weighted by atomic mass is 10.1. The van der Waals surface area contributed by atoms with Gasteiger partial charge < -0.3 is 19.4 Å². The van der Waals surface area contributed by atoms with Crippen molar-refractivity contribution in [1.29, 1.82) is 0 Å². The lowest BCUT2D eigenvalue weighted by Gasteiger charge is -2.21. The maximum atomic E-state index is 10.4. The topological polar surface area (TPSA) is 56.3 Å². The van der Waals surface area contributed by atoms with Crippen molar-refractivity contribution in [2.75, 3.05) is 80.7 Å². The molecule has 0 unspecified atom stereocenters. The molecule has 29 heavy (non-hydrogen) atoms. The molecule has 4 heterocycles. The fourth-order valence-electron chi connectivity index (χ4n) is 3.06. The molecular weight excluding hydrogens is 368 g/mol. The van der Waals surface area contributed by atoms with Gasteiger partial charge in [0.15, 0.2) is 0 Å². The maximum absolute atomic E-state index is 10.4. The fourth-order valence-corrected chi connectivity index (χ4v) is 3.06. The molecule has 0 N–H and O–H groups in total. The lowest BCUT2D eigenvalue weighted by Crippen LogP contribution is -2.32. The van der Waals surface area contributed by atoms with E-state index in [0.717, 1.165) is 31.2 Å². The lowest BCUT2D eigenvalue weighted by molar-refractivity contribution is -0.135. The summed E-state index contributed by atoms with van der Waals surface area (Å²) in [6, 6.07) is 0. The minimum Gasteiger partial charge on any atom is -0.379 e. The van der Waals surface area contributed by atoms with Gasteiger partial charge in [0.1, 0.15) is 0 Å². The van der Waals surface area contributed by atoms with Crippen LogP contribution in [0.5, 0.6) is 0 Å². The average molecular weight is 413 g/mol. The first kappa shape index (κ1) is 27.7. The van der Waals surface area contributed by atoms with E-state index in [1.54, 1.807) is 0 Å². The van der Waals surface area contributed by atoms with E-state index in [9.17, 15) is 9.59 Å². The summed E-state index contributed by atoms with van der Waals surface area (Å²) in [5, 5.41) is 0. The van der Waals surface area contributed by atoms with Crippen LogP contribution in [0.15, 0.2) is 12.2 Å². The van der Waals surface area contributed by atoms with E-state index in [1.807, 2.05) is 0 Å². The summed E-state index contributed by atoms with van der Waals surface area (Å²) >= 11 is 0. The van der Waals surface area contributed by atoms with Crippen molar-refractivity contribution in [1.82, 2.24) is 19.6 Å². The Balaban J connectivity index is 0.000000358. The molecule has 0 aromatic rings. The third-order valence-electron chi connectivity index (χ3n) is 5.17. The van der Waals surface area contributed by atoms with Crippen LogP contribution in [-0.2, 0) is 14.3 Å². The molecule has 170 valence electrons. The molecule has 0 spiro atoms. The first-order valence-corrected chi connectivity index (χ1v) is 10.5. The molecular formula is C22H44N4O3. The van der Waals surface area contributed by atoms with Crippen LogP contribution in [-0.4, -0.2) is 112 Å². The van der Waals surface area contributed by atoms with Gasteiger partial charge in [0.2, 0.25) is 0 Å². The van der Waals surface area contributed by atoms with E-state index in [-0.39, 0.29) is 19.2 Å². The van der Waals surface area contributed by atoms with E-state index in [0.29, 0.717) is 0 Å². The van der Waals surface area contributed by atoms with Gasteiger partial charge in [-0.3, -0.25) is 14.5 Å². The first-order chi connectivity index (χ1) is 13.4. The second-order valence-electron chi connectivity index (χ2n) is 7.86. The second-order valence-corrected chi connectivity index (χ2v) is 7.86. The number of amides is 2. The van der Waals surface area contributed by atoms with Crippen molar-refractivity contribution in [2.24, 2.45) is 0 Å². The number of nitrogens with zero attached hydrogens (tertiary/aromatic N) is 4. The van der Waals surface area contributed by atoms with Crippen LogP contribution in [0.3, 0.4) is 0 Å². The molecule has 0 atom stereocenters. The van der Waals surface area contributed by atoms with E-state index in [4.69, 9.17) is 4.74 Å². The molecule has 4 rings (SSSR count). The minimum atomic E-state index is -0.241. The van der Waals surface area contributed by atoms with Gasteiger partial charge in [-0.05, 0) is 73.0 Å². The number of carbonyl (C=O) groups is 2. The monoisotopic (exact) mass is 412 g/mol. The quantitative estimate of drug-likeness (QED) is 0.567. The maximum Gasteiger partial charge on any atom is 0.253 e. The number of morpholine rings is 1. The normalized spacial score (nSPS) is 22.6. The average Bonchev–Trinajstić information content (AvgIpc) is 3.29. The number of carbonyl (C=O) groups excluding carboxylic acids is 2. The Hall–Kier alpha value is -1.28. The molecule has 7 nitrogen and oxygen atoms in total. The summed E-state index contributed by atoms with van der Waals surface area (Å²) in [4.78, 5) is 28.9. The van der Waals surface area contributed by atoms with Crippen LogP contribution in [0.4, 0.5) is 0 Å². The van der Waals surface area contributed by atoms with Gasteiger partial charge in [-0.2, -0.15) is 0 Å². The minimum absolute atomic E-state index is 0. The summed E-state index contributed by atoms with van der Waals surface area (Å²) < 4.78 is 5.10. The van der Waals surface area contributed by atoms with Crippen LogP contribution in [0.25, 0.3) is 0 Å². The highest BCUT2D eigenvalue weighted by atomic mass is 16.5. The molecule has 0 aromatic heterocycles. The van der Waals surface area contributed by atoms with Crippen LogP contribution in [0, 0.1) is 0 Å². The first-order valence-electron chi connectivity index (χ1n) is 10.5. The van der Waals surface area contributed by atoms with Crippen molar-refractivity contribution in [3.63, 3.8) is 0 Å². The van der Waals surface area contributed by atoms with Gasteiger partial charge >= 0.3 is 0 Å². The number of hydrogen-bond acceptors (Lipinski definition) is 6. The SMILES string of the molecule is C.CN1C(=O)C=CC1=O.CN1CCCC1.CN1CCCCC1.CN1CCOCC1. The zero-order valence-corrected chi connectivity index (χ0v) is 18.4. The molecule has 3 saturated heterocycles. The molecule has 0 bridgehead atoms. The number of likely N-dealkylation sites (tertiary alicyclic amines) is 2. The Morgan fingerprint density at radius 3 is 1.14 bits per heavy atom. The molecule has 4 aliphatic heterocycles. The van der Waals surface area contributed by atoms with E-state index >= 15 is 0 Å². The molecule has 2 amide bonds.